The summed E-state index contributed by atoms with van der Waals surface area (Å²) in [5.74, 6) is 0.927. The van der Waals surface area contributed by atoms with Crippen LogP contribution in [0.2, 0.25) is 0 Å². The van der Waals surface area contributed by atoms with Gasteiger partial charge in [-0.2, -0.15) is 11.8 Å². The summed E-state index contributed by atoms with van der Waals surface area (Å²) in [7, 11) is 0. The van der Waals surface area contributed by atoms with Crippen molar-refractivity contribution in [2.24, 2.45) is 0 Å². The smallest absolute Gasteiger partial charge is 0.315 e. The van der Waals surface area contributed by atoms with E-state index >= 15 is 0 Å². The molecular formula is C17H22N2OS. The standard InChI is InChI=1S/C17H22N2OS/c1-13(12-21-2)19-17(20)18-11-10-15-8-5-7-14-6-3-4-9-16(14)15/h3-9,13H,10-12H2,1-2H3,(H2,18,19,20)/t13-/m1/s1. The van der Waals surface area contributed by atoms with Crippen LogP contribution in [-0.2, 0) is 6.42 Å². The van der Waals surface area contributed by atoms with Crippen molar-refractivity contribution in [2.45, 2.75) is 19.4 Å². The Morgan fingerprint density at radius 2 is 1.95 bits per heavy atom. The molecule has 0 aliphatic rings. The molecule has 21 heavy (non-hydrogen) atoms. The second-order valence-corrected chi connectivity index (χ2v) is 6.06. The third kappa shape index (κ3) is 4.67. The third-order valence-electron chi connectivity index (χ3n) is 3.35. The van der Waals surface area contributed by atoms with Crippen LogP contribution >= 0.6 is 11.8 Å². The number of nitrogens with one attached hydrogen (secondary N) is 2. The van der Waals surface area contributed by atoms with E-state index < -0.39 is 0 Å². The summed E-state index contributed by atoms with van der Waals surface area (Å²) < 4.78 is 0. The molecule has 0 saturated heterocycles. The van der Waals surface area contributed by atoms with Gasteiger partial charge in [0.1, 0.15) is 0 Å². The van der Waals surface area contributed by atoms with E-state index in [9.17, 15) is 4.79 Å². The minimum absolute atomic E-state index is 0.0863. The van der Waals surface area contributed by atoms with Crippen LogP contribution in [0.25, 0.3) is 10.8 Å². The topological polar surface area (TPSA) is 41.1 Å². The van der Waals surface area contributed by atoms with E-state index in [0.29, 0.717) is 6.54 Å². The van der Waals surface area contributed by atoms with Crippen LogP contribution in [0.5, 0.6) is 0 Å². The monoisotopic (exact) mass is 302 g/mol. The number of hydrogen-bond donors (Lipinski definition) is 2. The molecule has 0 aliphatic heterocycles. The van der Waals surface area contributed by atoms with Crippen LogP contribution in [0.15, 0.2) is 42.5 Å². The number of hydrogen-bond acceptors (Lipinski definition) is 2. The second kappa shape index (κ2) is 7.93. The molecule has 0 heterocycles. The minimum Gasteiger partial charge on any atom is -0.338 e. The van der Waals surface area contributed by atoms with Crippen LogP contribution < -0.4 is 10.6 Å². The molecule has 2 rings (SSSR count). The highest BCUT2D eigenvalue weighted by Crippen LogP contribution is 2.18. The highest BCUT2D eigenvalue weighted by Gasteiger charge is 2.06. The normalized spacial score (nSPS) is 12.1. The van der Waals surface area contributed by atoms with Gasteiger partial charge in [0.05, 0.1) is 0 Å². The second-order valence-electron chi connectivity index (χ2n) is 5.14. The zero-order valence-electron chi connectivity index (χ0n) is 12.6. The summed E-state index contributed by atoms with van der Waals surface area (Å²) in [4.78, 5) is 11.8. The van der Waals surface area contributed by atoms with Crippen LogP contribution in [0.3, 0.4) is 0 Å². The summed E-state index contributed by atoms with van der Waals surface area (Å²) in [6.45, 7) is 2.66. The van der Waals surface area contributed by atoms with Gasteiger partial charge < -0.3 is 10.6 Å². The largest absolute Gasteiger partial charge is 0.338 e. The number of urea groups is 1. The Balaban J connectivity index is 1.86. The van der Waals surface area contributed by atoms with Gasteiger partial charge in [0.25, 0.3) is 0 Å². The van der Waals surface area contributed by atoms with Crippen molar-refractivity contribution in [1.82, 2.24) is 10.6 Å². The Hall–Kier alpha value is -1.68. The summed E-state index contributed by atoms with van der Waals surface area (Å²) in [5.41, 5.74) is 1.27. The summed E-state index contributed by atoms with van der Waals surface area (Å²) in [6, 6.07) is 14.8. The molecule has 3 nitrogen and oxygen atoms in total. The number of rotatable bonds is 6. The van der Waals surface area contributed by atoms with Crippen molar-refractivity contribution in [3.8, 4) is 0 Å². The van der Waals surface area contributed by atoms with E-state index in [2.05, 4.69) is 47.0 Å². The number of thioether (sulfide) groups is 1. The highest BCUT2D eigenvalue weighted by atomic mass is 32.2. The number of benzene rings is 2. The van der Waals surface area contributed by atoms with Gasteiger partial charge in [-0.15, -0.1) is 0 Å². The van der Waals surface area contributed by atoms with E-state index in [1.807, 2.05) is 19.2 Å². The zero-order chi connectivity index (χ0) is 15.1. The van der Waals surface area contributed by atoms with Gasteiger partial charge in [0, 0.05) is 18.3 Å². The van der Waals surface area contributed by atoms with Gasteiger partial charge in [-0.1, -0.05) is 42.5 Å². The molecular weight excluding hydrogens is 280 g/mol. The first-order valence-corrected chi connectivity index (χ1v) is 8.60. The van der Waals surface area contributed by atoms with Gasteiger partial charge in [-0.05, 0) is 35.9 Å². The molecule has 0 aromatic heterocycles. The number of fused-ring (bicyclic) bond motifs is 1. The van der Waals surface area contributed by atoms with Gasteiger partial charge in [0.15, 0.2) is 0 Å². The Kier molecular flexibility index (Phi) is 5.93. The maximum absolute atomic E-state index is 11.8. The molecule has 0 fully saturated rings. The molecule has 2 aromatic rings. The Labute approximate surface area is 130 Å². The number of carbonyl (C=O) groups is 1. The van der Waals surface area contributed by atoms with Gasteiger partial charge in [0.2, 0.25) is 0 Å². The fourth-order valence-corrected chi connectivity index (χ4v) is 2.97. The van der Waals surface area contributed by atoms with Gasteiger partial charge in [-0.3, -0.25) is 0 Å². The molecule has 0 bridgehead atoms. The lowest BCUT2D eigenvalue weighted by Gasteiger charge is -2.13. The van der Waals surface area contributed by atoms with Gasteiger partial charge in [-0.25, -0.2) is 4.79 Å². The molecule has 1 atom stereocenters. The van der Waals surface area contributed by atoms with Crippen LogP contribution in [-0.4, -0.2) is 30.6 Å². The predicted octanol–water partition coefficient (Wildman–Crippen LogP) is 3.43. The Bertz CT molecular complexity index is 595. The number of carbonyl (C=O) groups excluding carboxylic acids is 1. The zero-order valence-corrected chi connectivity index (χ0v) is 13.4. The molecule has 2 amide bonds. The first-order valence-electron chi connectivity index (χ1n) is 7.20. The van der Waals surface area contributed by atoms with E-state index in [1.165, 1.54) is 16.3 Å². The maximum Gasteiger partial charge on any atom is 0.315 e. The van der Waals surface area contributed by atoms with Crippen molar-refractivity contribution in [2.75, 3.05) is 18.6 Å². The molecule has 2 N–H and O–H groups in total. The fourth-order valence-electron chi connectivity index (χ4n) is 2.39. The summed E-state index contributed by atoms with van der Waals surface area (Å²) >= 11 is 1.73. The van der Waals surface area contributed by atoms with Crippen molar-refractivity contribution >= 4 is 28.6 Å². The average molecular weight is 302 g/mol. The first kappa shape index (κ1) is 15.7. The van der Waals surface area contributed by atoms with Crippen molar-refractivity contribution < 1.29 is 4.79 Å². The summed E-state index contributed by atoms with van der Waals surface area (Å²) in [5, 5.41) is 8.36. The van der Waals surface area contributed by atoms with Crippen LogP contribution in [0.4, 0.5) is 4.79 Å². The molecule has 0 spiro atoms. The molecule has 0 unspecified atom stereocenters. The van der Waals surface area contributed by atoms with E-state index in [0.717, 1.165) is 12.2 Å². The van der Waals surface area contributed by atoms with Crippen LogP contribution in [0.1, 0.15) is 12.5 Å². The molecule has 0 aliphatic carbocycles. The molecule has 4 heteroatoms. The SMILES string of the molecule is CSC[C@@H](C)NC(=O)NCCc1cccc2ccccc12. The predicted molar refractivity (Wildman–Crippen MR) is 92.0 cm³/mol. The molecule has 112 valence electrons. The molecule has 0 radical (unpaired) electrons. The maximum atomic E-state index is 11.8. The molecule has 0 saturated carbocycles. The first-order chi connectivity index (χ1) is 10.2. The summed E-state index contributed by atoms with van der Waals surface area (Å²) in [6.07, 6.45) is 2.88. The fraction of sp³-hybridized carbons (Fsp3) is 0.353. The average Bonchev–Trinajstić information content (AvgIpc) is 2.47. The molecule has 2 aromatic carbocycles. The highest BCUT2D eigenvalue weighted by molar-refractivity contribution is 7.98. The van der Waals surface area contributed by atoms with E-state index in [4.69, 9.17) is 0 Å². The van der Waals surface area contributed by atoms with Crippen molar-refractivity contribution in [1.29, 1.82) is 0 Å². The van der Waals surface area contributed by atoms with Crippen LogP contribution in [0, 0.1) is 0 Å². The third-order valence-corrected chi connectivity index (χ3v) is 4.19. The Morgan fingerprint density at radius 1 is 1.19 bits per heavy atom. The quantitative estimate of drug-likeness (QED) is 0.858. The lowest BCUT2D eigenvalue weighted by atomic mass is 10.0. The lowest BCUT2D eigenvalue weighted by molar-refractivity contribution is 0.239. The van der Waals surface area contributed by atoms with E-state index in [1.54, 1.807) is 11.8 Å². The van der Waals surface area contributed by atoms with E-state index in [-0.39, 0.29) is 12.1 Å². The van der Waals surface area contributed by atoms with Crippen molar-refractivity contribution in [3.63, 3.8) is 0 Å². The minimum atomic E-state index is -0.0863. The van der Waals surface area contributed by atoms with Gasteiger partial charge >= 0.3 is 6.03 Å². The Morgan fingerprint density at radius 3 is 2.76 bits per heavy atom. The number of amides is 2. The van der Waals surface area contributed by atoms with Crippen molar-refractivity contribution in [3.05, 3.63) is 48.0 Å². The lowest BCUT2D eigenvalue weighted by Crippen LogP contribution is -2.42.